The van der Waals surface area contributed by atoms with Crippen molar-refractivity contribution in [2.24, 2.45) is 0 Å². The third-order valence-corrected chi connectivity index (χ3v) is 4.50. The Bertz CT molecular complexity index is 792. The minimum atomic E-state index is 0.739. The number of rotatable bonds is 6. The number of aryl methyl sites for hydroxylation is 1. The minimum absolute atomic E-state index is 0.739. The highest BCUT2D eigenvalue weighted by molar-refractivity contribution is 6.30. The van der Waals surface area contributed by atoms with Crippen LogP contribution in [0.5, 0.6) is 0 Å². The number of nitrogens with one attached hydrogen (secondary N) is 1. The summed E-state index contributed by atoms with van der Waals surface area (Å²) in [5, 5.41) is 8.95. The van der Waals surface area contributed by atoms with Gasteiger partial charge in [-0.3, -0.25) is 0 Å². The van der Waals surface area contributed by atoms with Crippen LogP contribution in [0.4, 0.5) is 0 Å². The second kappa shape index (κ2) is 7.65. The molecule has 1 heterocycles. The summed E-state index contributed by atoms with van der Waals surface area (Å²) in [7, 11) is 0. The van der Waals surface area contributed by atoms with E-state index in [1.54, 1.807) is 0 Å². The first-order chi connectivity index (χ1) is 11.6. The summed E-state index contributed by atoms with van der Waals surface area (Å²) in [5.41, 5.74) is 5.89. The molecule has 3 rings (SSSR count). The van der Waals surface area contributed by atoms with E-state index in [2.05, 4.69) is 54.6 Å². The number of nitrogens with zero attached hydrogens (tertiary/aromatic N) is 2. The molecule has 1 N–H and O–H groups in total. The Hall–Kier alpha value is -2.10. The smallest absolute Gasteiger partial charge is 0.0649 e. The van der Waals surface area contributed by atoms with E-state index in [-0.39, 0.29) is 0 Å². The lowest BCUT2D eigenvalue weighted by Crippen LogP contribution is -2.17. The normalized spacial score (nSPS) is 11.0. The first-order valence-electron chi connectivity index (χ1n) is 8.21. The van der Waals surface area contributed by atoms with Gasteiger partial charge in [0.25, 0.3) is 0 Å². The summed E-state index contributed by atoms with van der Waals surface area (Å²) in [5.74, 6) is 0. The van der Waals surface area contributed by atoms with Crippen molar-refractivity contribution in [2.75, 3.05) is 6.54 Å². The van der Waals surface area contributed by atoms with Crippen LogP contribution in [0.1, 0.15) is 22.5 Å². The summed E-state index contributed by atoms with van der Waals surface area (Å²) < 4.78 is 1.99. The van der Waals surface area contributed by atoms with Gasteiger partial charge in [-0.05, 0) is 56.6 Å². The molecular formula is C20H22ClN3. The monoisotopic (exact) mass is 339 g/mol. The fraction of sp³-hybridized carbons (Fsp3) is 0.250. The van der Waals surface area contributed by atoms with Crippen molar-refractivity contribution >= 4 is 11.6 Å². The van der Waals surface area contributed by atoms with Crippen LogP contribution in [0.2, 0.25) is 5.02 Å². The summed E-state index contributed by atoms with van der Waals surface area (Å²) >= 11 is 5.97. The molecule has 0 saturated carbocycles. The van der Waals surface area contributed by atoms with E-state index >= 15 is 0 Å². The maximum atomic E-state index is 5.97. The SMILES string of the molecule is Cc1nn(-c2ccc(Cl)cc2)c(C)c1CNCCc1ccccc1. The standard InChI is InChI=1S/C20H22ClN3/c1-15-20(14-22-13-12-17-6-4-3-5-7-17)16(2)24(23-15)19-10-8-18(21)9-11-19/h3-11,22H,12-14H2,1-2H3. The summed E-state index contributed by atoms with van der Waals surface area (Å²) in [6, 6.07) is 18.3. The van der Waals surface area contributed by atoms with Crippen LogP contribution in [0.15, 0.2) is 54.6 Å². The summed E-state index contributed by atoms with van der Waals surface area (Å²) in [6.45, 7) is 5.96. The molecule has 0 bridgehead atoms. The zero-order chi connectivity index (χ0) is 16.9. The largest absolute Gasteiger partial charge is 0.312 e. The molecule has 4 heteroatoms. The molecule has 0 unspecified atom stereocenters. The maximum absolute atomic E-state index is 5.97. The first-order valence-corrected chi connectivity index (χ1v) is 8.58. The van der Waals surface area contributed by atoms with Gasteiger partial charge in [-0.1, -0.05) is 41.9 Å². The van der Waals surface area contributed by atoms with E-state index in [1.165, 1.54) is 16.8 Å². The van der Waals surface area contributed by atoms with Crippen molar-refractivity contribution in [1.29, 1.82) is 0 Å². The number of benzene rings is 2. The van der Waals surface area contributed by atoms with Gasteiger partial charge in [-0.15, -0.1) is 0 Å². The average molecular weight is 340 g/mol. The van der Waals surface area contributed by atoms with Crippen LogP contribution < -0.4 is 5.32 Å². The van der Waals surface area contributed by atoms with Gasteiger partial charge >= 0.3 is 0 Å². The van der Waals surface area contributed by atoms with Crippen LogP contribution >= 0.6 is 11.6 Å². The van der Waals surface area contributed by atoms with E-state index in [0.29, 0.717) is 0 Å². The van der Waals surface area contributed by atoms with Crippen LogP contribution in [-0.4, -0.2) is 16.3 Å². The van der Waals surface area contributed by atoms with Gasteiger partial charge in [0.05, 0.1) is 11.4 Å². The minimum Gasteiger partial charge on any atom is -0.312 e. The van der Waals surface area contributed by atoms with E-state index in [9.17, 15) is 0 Å². The molecule has 0 radical (unpaired) electrons. The van der Waals surface area contributed by atoms with Gasteiger partial charge in [0.15, 0.2) is 0 Å². The molecule has 1 aromatic heterocycles. The second-order valence-corrected chi connectivity index (χ2v) is 6.39. The van der Waals surface area contributed by atoms with Gasteiger partial charge in [-0.25, -0.2) is 4.68 Å². The molecule has 0 aliphatic rings. The van der Waals surface area contributed by atoms with Crippen LogP contribution in [-0.2, 0) is 13.0 Å². The van der Waals surface area contributed by atoms with Gasteiger partial charge < -0.3 is 5.32 Å². The van der Waals surface area contributed by atoms with Crippen molar-refractivity contribution < 1.29 is 0 Å². The molecule has 124 valence electrons. The Morgan fingerprint density at radius 1 is 1.00 bits per heavy atom. The van der Waals surface area contributed by atoms with Crippen molar-refractivity contribution in [2.45, 2.75) is 26.8 Å². The topological polar surface area (TPSA) is 29.9 Å². The van der Waals surface area contributed by atoms with Crippen LogP contribution in [0, 0.1) is 13.8 Å². The molecular weight excluding hydrogens is 318 g/mol. The molecule has 24 heavy (non-hydrogen) atoms. The highest BCUT2D eigenvalue weighted by atomic mass is 35.5. The highest BCUT2D eigenvalue weighted by Gasteiger charge is 2.12. The fourth-order valence-electron chi connectivity index (χ4n) is 2.86. The van der Waals surface area contributed by atoms with E-state index in [0.717, 1.165) is 35.9 Å². The highest BCUT2D eigenvalue weighted by Crippen LogP contribution is 2.19. The Balaban J connectivity index is 1.65. The van der Waals surface area contributed by atoms with Crippen molar-refractivity contribution in [3.05, 3.63) is 82.1 Å². The lowest BCUT2D eigenvalue weighted by Gasteiger charge is -2.07. The van der Waals surface area contributed by atoms with Gasteiger partial charge in [0, 0.05) is 22.8 Å². The third-order valence-electron chi connectivity index (χ3n) is 4.25. The zero-order valence-corrected chi connectivity index (χ0v) is 14.8. The molecule has 0 atom stereocenters. The lowest BCUT2D eigenvalue weighted by atomic mass is 10.1. The molecule has 0 aliphatic carbocycles. The van der Waals surface area contributed by atoms with Gasteiger partial charge in [-0.2, -0.15) is 5.10 Å². The summed E-state index contributed by atoms with van der Waals surface area (Å²) in [6.07, 6.45) is 1.03. The predicted molar refractivity (Wildman–Crippen MR) is 99.9 cm³/mol. The number of hydrogen-bond donors (Lipinski definition) is 1. The van der Waals surface area contributed by atoms with E-state index in [4.69, 9.17) is 11.6 Å². The van der Waals surface area contributed by atoms with Gasteiger partial charge in [0.1, 0.15) is 0 Å². The van der Waals surface area contributed by atoms with Crippen molar-refractivity contribution in [3.63, 3.8) is 0 Å². The zero-order valence-electron chi connectivity index (χ0n) is 14.1. The number of aromatic nitrogens is 2. The molecule has 0 saturated heterocycles. The van der Waals surface area contributed by atoms with E-state index < -0.39 is 0 Å². The van der Waals surface area contributed by atoms with Gasteiger partial charge in [0.2, 0.25) is 0 Å². The van der Waals surface area contributed by atoms with Crippen molar-refractivity contribution in [3.8, 4) is 5.69 Å². The van der Waals surface area contributed by atoms with Crippen LogP contribution in [0.3, 0.4) is 0 Å². The average Bonchev–Trinajstić information content (AvgIpc) is 2.88. The summed E-state index contributed by atoms with van der Waals surface area (Å²) in [4.78, 5) is 0. The van der Waals surface area contributed by atoms with Crippen LogP contribution in [0.25, 0.3) is 5.69 Å². The first kappa shape index (κ1) is 16.7. The third kappa shape index (κ3) is 3.86. The quantitative estimate of drug-likeness (QED) is 0.671. The Morgan fingerprint density at radius 2 is 1.71 bits per heavy atom. The number of hydrogen-bond acceptors (Lipinski definition) is 2. The Kier molecular flexibility index (Phi) is 5.34. The molecule has 3 nitrogen and oxygen atoms in total. The molecule has 0 spiro atoms. The van der Waals surface area contributed by atoms with Crippen molar-refractivity contribution in [1.82, 2.24) is 15.1 Å². The molecule has 2 aromatic carbocycles. The molecule has 3 aromatic rings. The van der Waals surface area contributed by atoms with E-state index in [1.807, 2.05) is 28.9 Å². The molecule has 0 fully saturated rings. The fourth-order valence-corrected chi connectivity index (χ4v) is 2.98. The molecule has 0 amide bonds. The Morgan fingerprint density at radius 3 is 2.42 bits per heavy atom. The predicted octanol–water partition coefficient (Wildman–Crippen LogP) is 4.47. The second-order valence-electron chi connectivity index (χ2n) is 5.95. The molecule has 0 aliphatic heterocycles. The Labute approximate surface area is 148 Å². The lowest BCUT2D eigenvalue weighted by molar-refractivity contribution is 0.681. The number of halogens is 1. The maximum Gasteiger partial charge on any atom is 0.0649 e.